The van der Waals surface area contributed by atoms with Gasteiger partial charge in [-0.15, -0.1) is 0 Å². The highest BCUT2D eigenvalue weighted by Gasteiger charge is 2.44. The zero-order valence-electron chi connectivity index (χ0n) is 29.9. The number of amides is 3. The molecule has 2 aliphatic heterocycles. The first-order valence-corrected chi connectivity index (χ1v) is 17.8. The van der Waals surface area contributed by atoms with Crippen molar-refractivity contribution in [2.75, 3.05) is 33.4 Å². The van der Waals surface area contributed by atoms with Crippen molar-refractivity contribution in [2.24, 2.45) is 11.3 Å². The number of pyridine rings is 1. The number of nitrogens with zero attached hydrogens (tertiary/aromatic N) is 2. The molecule has 0 aliphatic carbocycles. The molecule has 2 aromatic carbocycles. The zero-order valence-corrected chi connectivity index (χ0v) is 30.7. The van der Waals surface area contributed by atoms with Gasteiger partial charge in [-0.3, -0.25) is 15.2 Å². The summed E-state index contributed by atoms with van der Waals surface area (Å²) in [6.07, 6.45) is 1.45. The summed E-state index contributed by atoms with van der Waals surface area (Å²) in [5.41, 5.74) is 5.93. The molecule has 0 radical (unpaired) electrons. The highest BCUT2D eigenvalue weighted by atomic mass is 35.5. The van der Waals surface area contributed by atoms with Gasteiger partial charge in [0.2, 0.25) is 0 Å². The Morgan fingerprint density at radius 2 is 1.81 bits per heavy atom. The van der Waals surface area contributed by atoms with Crippen LogP contribution in [0.15, 0.2) is 73.1 Å². The van der Waals surface area contributed by atoms with Gasteiger partial charge in [-0.1, -0.05) is 74.8 Å². The van der Waals surface area contributed by atoms with Crippen LogP contribution in [0.5, 0.6) is 0 Å². The molecule has 14 heteroatoms. The van der Waals surface area contributed by atoms with Crippen LogP contribution < -0.4 is 16.1 Å². The Hall–Kier alpha value is -4.27. The second-order valence-corrected chi connectivity index (χ2v) is 14.6. The van der Waals surface area contributed by atoms with E-state index in [-0.39, 0.29) is 38.3 Å². The third-order valence-corrected chi connectivity index (χ3v) is 9.46. The molecule has 6 atom stereocenters. The number of methoxy groups -OCH3 is 1. The topological polar surface area (TPSA) is 161 Å². The predicted octanol–water partition coefficient (Wildman–Crippen LogP) is 4.51. The van der Waals surface area contributed by atoms with Crippen LogP contribution in [0, 0.1) is 11.3 Å². The lowest BCUT2D eigenvalue weighted by atomic mass is 9.86. The van der Waals surface area contributed by atoms with Crippen LogP contribution >= 0.6 is 11.6 Å². The van der Waals surface area contributed by atoms with Crippen molar-refractivity contribution >= 4 is 29.7 Å². The van der Waals surface area contributed by atoms with Crippen LogP contribution in [-0.4, -0.2) is 97.2 Å². The molecule has 3 aromatic rings. The van der Waals surface area contributed by atoms with E-state index in [9.17, 15) is 19.5 Å². The number of aromatic nitrogens is 1. The number of hydrazine groups is 1. The summed E-state index contributed by atoms with van der Waals surface area (Å²) in [7, 11) is 1.23. The molecule has 2 aliphatic rings. The van der Waals surface area contributed by atoms with E-state index < -0.39 is 47.8 Å². The summed E-state index contributed by atoms with van der Waals surface area (Å²) >= 11 is 6.24. The number of aliphatic hydroxyl groups excluding tert-OH is 1. The molecule has 4 N–H and O–H groups in total. The highest BCUT2D eigenvalue weighted by Crippen LogP contribution is 2.33. The van der Waals surface area contributed by atoms with Gasteiger partial charge in [-0.2, -0.15) is 0 Å². The first kappa shape index (κ1) is 38.9. The molecule has 0 spiro atoms. The second-order valence-electron chi connectivity index (χ2n) is 14.2. The van der Waals surface area contributed by atoms with E-state index in [4.69, 9.17) is 30.5 Å². The van der Waals surface area contributed by atoms with Gasteiger partial charge < -0.3 is 34.7 Å². The van der Waals surface area contributed by atoms with E-state index in [0.717, 1.165) is 28.7 Å². The van der Waals surface area contributed by atoms with Crippen molar-refractivity contribution in [3.63, 3.8) is 0 Å². The summed E-state index contributed by atoms with van der Waals surface area (Å²) in [4.78, 5) is 43.5. The van der Waals surface area contributed by atoms with Gasteiger partial charge in [0.1, 0.15) is 12.1 Å². The third kappa shape index (κ3) is 10.9. The Labute approximate surface area is 309 Å². The van der Waals surface area contributed by atoms with Gasteiger partial charge in [0.05, 0.1) is 38.4 Å². The van der Waals surface area contributed by atoms with Crippen LogP contribution in [0.1, 0.15) is 38.3 Å². The smallest absolute Gasteiger partial charge is 0.407 e. The minimum Gasteiger partial charge on any atom is -0.453 e. The Morgan fingerprint density at radius 3 is 2.50 bits per heavy atom. The van der Waals surface area contributed by atoms with E-state index in [1.54, 1.807) is 23.5 Å². The van der Waals surface area contributed by atoms with E-state index in [1.165, 1.54) is 7.11 Å². The molecule has 2 fully saturated rings. The maximum Gasteiger partial charge on any atom is 0.407 e. The first-order chi connectivity index (χ1) is 24.9. The lowest BCUT2D eigenvalue weighted by Gasteiger charge is -2.34. The quantitative estimate of drug-likeness (QED) is 0.174. The summed E-state index contributed by atoms with van der Waals surface area (Å²) in [5, 5.41) is 19.5. The number of fused-ring (bicyclic) bond motifs is 1. The summed E-state index contributed by atoms with van der Waals surface area (Å²) < 4.78 is 21.8. The molecule has 5 rings (SSSR count). The molecular weight excluding hydrogens is 690 g/mol. The number of ether oxygens (including phenoxy) is 4. The molecule has 0 saturated carbocycles. The standard InChI is InChI=1S/C38H48ClN5O8/c1-38(2,3)33(42-36(47)49-4)34(46)43-44(17-14-24-7-5-9-28(39)19-24)22-31(45)30(41-37(48)52-32-23-51-35-29(32)15-18-50-35)20-25-10-12-26(13-11-25)27-8-6-16-40-21-27/h5-13,16,19,21,29-33,35,45H,14-15,17-18,20,22-23H2,1-4H3,(H,41,48)(H,42,47)(H,43,46)/t29-,30-,31-,32-,33+,35+/m0/s1. The van der Waals surface area contributed by atoms with Gasteiger partial charge in [-0.25, -0.2) is 14.6 Å². The van der Waals surface area contributed by atoms with Gasteiger partial charge >= 0.3 is 12.2 Å². The monoisotopic (exact) mass is 737 g/mol. The molecule has 1 aromatic heterocycles. The Kier molecular flexibility index (Phi) is 13.5. The largest absolute Gasteiger partial charge is 0.453 e. The number of alkyl carbamates (subject to hydrolysis) is 2. The van der Waals surface area contributed by atoms with Gasteiger partial charge in [-0.05, 0) is 65.1 Å². The van der Waals surface area contributed by atoms with Crippen LogP contribution in [0.25, 0.3) is 11.1 Å². The number of halogens is 1. The molecular formula is C38H48ClN5O8. The normalized spacial score (nSPS) is 20.0. The minimum atomic E-state index is -1.19. The number of benzene rings is 2. The molecule has 52 heavy (non-hydrogen) atoms. The average Bonchev–Trinajstić information content (AvgIpc) is 3.74. The number of nitrogens with one attached hydrogen (secondary N) is 3. The molecule has 3 amide bonds. The number of carbonyl (C=O) groups is 3. The van der Waals surface area contributed by atoms with Crippen LogP contribution in [-0.2, 0) is 36.6 Å². The third-order valence-electron chi connectivity index (χ3n) is 9.23. The number of hydrogen-bond acceptors (Lipinski definition) is 10. The molecule has 0 bridgehead atoms. The van der Waals surface area contributed by atoms with E-state index in [0.29, 0.717) is 18.1 Å². The Bertz CT molecular complexity index is 1640. The fraction of sp³-hybridized carbons (Fsp3) is 0.474. The van der Waals surface area contributed by atoms with E-state index in [1.807, 2.05) is 75.4 Å². The van der Waals surface area contributed by atoms with Crippen LogP contribution in [0.3, 0.4) is 0 Å². The van der Waals surface area contributed by atoms with Crippen molar-refractivity contribution in [3.8, 4) is 11.1 Å². The average molecular weight is 738 g/mol. The lowest BCUT2D eigenvalue weighted by Crippen LogP contribution is -2.59. The molecule has 280 valence electrons. The van der Waals surface area contributed by atoms with Crippen molar-refractivity contribution < 1.29 is 38.4 Å². The van der Waals surface area contributed by atoms with Crippen LogP contribution in [0.2, 0.25) is 5.02 Å². The maximum absolute atomic E-state index is 13.7. The summed E-state index contributed by atoms with van der Waals surface area (Å²) in [6, 6.07) is 17.2. The number of hydrogen-bond donors (Lipinski definition) is 4. The number of carbonyl (C=O) groups excluding carboxylic acids is 3. The lowest BCUT2D eigenvalue weighted by molar-refractivity contribution is -0.131. The maximum atomic E-state index is 13.7. The van der Waals surface area contributed by atoms with Crippen molar-refractivity contribution in [2.45, 2.75) is 70.6 Å². The van der Waals surface area contributed by atoms with E-state index >= 15 is 0 Å². The van der Waals surface area contributed by atoms with Gasteiger partial charge in [0.25, 0.3) is 5.91 Å². The molecule has 3 heterocycles. The second kappa shape index (κ2) is 18.0. The van der Waals surface area contributed by atoms with Crippen molar-refractivity contribution in [1.82, 2.24) is 26.1 Å². The zero-order chi connectivity index (χ0) is 37.3. The molecule has 13 nitrogen and oxygen atoms in total. The Morgan fingerprint density at radius 1 is 1.02 bits per heavy atom. The minimum absolute atomic E-state index is 0.0549. The van der Waals surface area contributed by atoms with Crippen LogP contribution in [0.4, 0.5) is 9.59 Å². The number of aliphatic hydroxyl groups is 1. The first-order valence-electron chi connectivity index (χ1n) is 17.4. The van der Waals surface area contributed by atoms with Gasteiger partial charge in [0.15, 0.2) is 6.29 Å². The number of rotatable bonds is 14. The molecule has 2 saturated heterocycles. The SMILES string of the molecule is COC(=O)N[C@H](C(=O)NN(CCc1cccc(Cl)c1)C[C@H](O)[C@H](Cc1ccc(-c2cccnc2)cc1)NC(=O)O[C@H]1CO[C@H]2OCC[C@H]21)C(C)(C)C. The highest BCUT2D eigenvalue weighted by molar-refractivity contribution is 6.30. The predicted molar refractivity (Wildman–Crippen MR) is 194 cm³/mol. The van der Waals surface area contributed by atoms with E-state index in [2.05, 4.69) is 21.0 Å². The fourth-order valence-electron chi connectivity index (χ4n) is 6.35. The Balaban J connectivity index is 1.35. The summed E-state index contributed by atoms with van der Waals surface area (Å²) in [6.45, 7) is 6.41. The van der Waals surface area contributed by atoms with Crippen molar-refractivity contribution in [3.05, 3.63) is 89.2 Å². The molecule has 0 unspecified atom stereocenters. The van der Waals surface area contributed by atoms with Crippen molar-refractivity contribution in [1.29, 1.82) is 0 Å². The summed E-state index contributed by atoms with van der Waals surface area (Å²) in [5.74, 6) is -0.554. The van der Waals surface area contributed by atoms with Gasteiger partial charge in [0, 0.05) is 30.5 Å². The fourth-order valence-corrected chi connectivity index (χ4v) is 6.56.